The molecule has 1 saturated heterocycles. The van der Waals surface area contributed by atoms with E-state index in [-0.39, 0.29) is 6.10 Å². The molecule has 66 valence electrons. The van der Waals surface area contributed by atoms with Crippen LogP contribution < -0.4 is 0 Å². The summed E-state index contributed by atoms with van der Waals surface area (Å²) in [5.74, 6) is 0.360. The van der Waals surface area contributed by atoms with E-state index in [1.807, 2.05) is 13.8 Å². The SMILES string of the molecule is CC(C)C(O)CC1CCCO1. The van der Waals surface area contributed by atoms with Crippen molar-refractivity contribution in [2.45, 2.75) is 45.3 Å². The number of hydrogen-bond acceptors (Lipinski definition) is 2. The average Bonchev–Trinajstić information content (AvgIpc) is 2.39. The molecule has 11 heavy (non-hydrogen) atoms. The lowest BCUT2D eigenvalue weighted by Crippen LogP contribution is -2.21. The molecule has 1 N–H and O–H groups in total. The molecule has 0 spiro atoms. The maximum absolute atomic E-state index is 9.51. The van der Waals surface area contributed by atoms with Crippen LogP contribution in [0.1, 0.15) is 33.1 Å². The molecule has 0 aromatic heterocycles. The topological polar surface area (TPSA) is 29.5 Å². The van der Waals surface area contributed by atoms with Crippen molar-refractivity contribution < 1.29 is 9.84 Å². The second-order valence-corrected chi connectivity index (χ2v) is 3.68. The number of hydrogen-bond donors (Lipinski definition) is 1. The summed E-state index contributed by atoms with van der Waals surface area (Å²) in [4.78, 5) is 0. The van der Waals surface area contributed by atoms with E-state index >= 15 is 0 Å². The van der Waals surface area contributed by atoms with Crippen molar-refractivity contribution >= 4 is 0 Å². The van der Waals surface area contributed by atoms with Crippen LogP contribution in [0.4, 0.5) is 0 Å². The molecule has 2 nitrogen and oxygen atoms in total. The maximum atomic E-state index is 9.51. The van der Waals surface area contributed by atoms with Crippen LogP contribution >= 0.6 is 0 Å². The van der Waals surface area contributed by atoms with Gasteiger partial charge in [-0.25, -0.2) is 0 Å². The first-order valence-electron chi connectivity index (χ1n) is 4.50. The molecule has 1 aliphatic heterocycles. The molecule has 0 saturated carbocycles. The molecule has 1 rings (SSSR count). The molecule has 0 aliphatic carbocycles. The highest BCUT2D eigenvalue weighted by Gasteiger charge is 2.20. The number of ether oxygens (including phenoxy) is 1. The fourth-order valence-corrected chi connectivity index (χ4v) is 1.37. The fraction of sp³-hybridized carbons (Fsp3) is 1.00. The van der Waals surface area contributed by atoms with Gasteiger partial charge in [-0.05, 0) is 25.2 Å². The minimum absolute atomic E-state index is 0.182. The van der Waals surface area contributed by atoms with Gasteiger partial charge in [0, 0.05) is 6.61 Å². The smallest absolute Gasteiger partial charge is 0.0600 e. The van der Waals surface area contributed by atoms with E-state index in [9.17, 15) is 5.11 Å². The Morgan fingerprint density at radius 3 is 2.73 bits per heavy atom. The van der Waals surface area contributed by atoms with Crippen LogP contribution in [0.2, 0.25) is 0 Å². The van der Waals surface area contributed by atoms with Gasteiger partial charge in [-0.15, -0.1) is 0 Å². The zero-order chi connectivity index (χ0) is 8.27. The van der Waals surface area contributed by atoms with Crippen LogP contribution in [0.15, 0.2) is 0 Å². The van der Waals surface area contributed by atoms with E-state index in [0.29, 0.717) is 12.0 Å². The van der Waals surface area contributed by atoms with E-state index in [4.69, 9.17) is 4.74 Å². The van der Waals surface area contributed by atoms with E-state index in [0.717, 1.165) is 25.9 Å². The Bertz CT molecular complexity index is 106. The minimum Gasteiger partial charge on any atom is -0.393 e. The highest BCUT2D eigenvalue weighted by atomic mass is 16.5. The van der Waals surface area contributed by atoms with Gasteiger partial charge in [0.05, 0.1) is 12.2 Å². The van der Waals surface area contributed by atoms with Crippen LogP contribution in [-0.4, -0.2) is 23.9 Å². The molecule has 1 fully saturated rings. The summed E-state index contributed by atoms with van der Waals surface area (Å²) in [6, 6.07) is 0. The molecule has 2 heteroatoms. The Hall–Kier alpha value is -0.0800. The highest BCUT2D eigenvalue weighted by Crippen LogP contribution is 2.19. The van der Waals surface area contributed by atoms with Crippen LogP contribution in [-0.2, 0) is 4.74 Å². The Morgan fingerprint density at radius 1 is 1.55 bits per heavy atom. The second kappa shape index (κ2) is 4.07. The molecule has 2 unspecified atom stereocenters. The van der Waals surface area contributed by atoms with Gasteiger partial charge in [0.25, 0.3) is 0 Å². The van der Waals surface area contributed by atoms with Gasteiger partial charge in [0.2, 0.25) is 0 Å². The number of rotatable bonds is 3. The summed E-state index contributed by atoms with van der Waals surface area (Å²) in [5.41, 5.74) is 0. The molecule has 2 atom stereocenters. The van der Waals surface area contributed by atoms with Crippen molar-refractivity contribution in [3.63, 3.8) is 0 Å². The Labute approximate surface area is 68.6 Å². The summed E-state index contributed by atoms with van der Waals surface area (Å²) in [6.45, 7) is 4.97. The minimum atomic E-state index is -0.182. The first-order chi connectivity index (χ1) is 5.20. The Balaban J connectivity index is 2.18. The highest BCUT2D eigenvalue weighted by molar-refractivity contribution is 4.71. The first-order valence-corrected chi connectivity index (χ1v) is 4.50. The van der Waals surface area contributed by atoms with Crippen molar-refractivity contribution in [3.05, 3.63) is 0 Å². The van der Waals surface area contributed by atoms with E-state index in [2.05, 4.69) is 0 Å². The molecule has 0 aromatic carbocycles. The first kappa shape index (κ1) is 9.01. The van der Waals surface area contributed by atoms with Gasteiger partial charge in [-0.3, -0.25) is 0 Å². The third kappa shape index (κ3) is 2.80. The Morgan fingerprint density at radius 2 is 2.27 bits per heavy atom. The van der Waals surface area contributed by atoms with Crippen LogP contribution in [0.25, 0.3) is 0 Å². The number of aliphatic hydroxyl groups excluding tert-OH is 1. The van der Waals surface area contributed by atoms with Crippen LogP contribution in [0, 0.1) is 5.92 Å². The standard InChI is InChI=1S/C9H18O2/c1-7(2)9(10)6-8-4-3-5-11-8/h7-10H,3-6H2,1-2H3. The van der Waals surface area contributed by atoms with Crippen molar-refractivity contribution in [3.8, 4) is 0 Å². The molecular formula is C9H18O2. The molecule has 0 aromatic rings. The average molecular weight is 158 g/mol. The second-order valence-electron chi connectivity index (χ2n) is 3.68. The zero-order valence-corrected chi connectivity index (χ0v) is 7.42. The molecule has 1 heterocycles. The predicted octanol–water partition coefficient (Wildman–Crippen LogP) is 1.57. The molecule has 0 bridgehead atoms. The molecular weight excluding hydrogens is 140 g/mol. The van der Waals surface area contributed by atoms with Crippen LogP contribution in [0.5, 0.6) is 0 Å². The van der Waals surface area contributed by atoms with Gasteiger partial charge < -0.3 is 9.84 Å². The molecule has 1 aliphatic rings. The van der Waals surface area contributed by atoms with Gasteiger partial charge in [-0.1, -0.05) is 13.8 Å². The lowest BCUT2D eigenvalue weighted by molar-refractivity contribution is 0.0348. The van der Waals surface area contributed by atoms with E-state index in [1.54, 1.807) is 0 Å². The van der Waals surface area contributed by atoms with Crippen LogP contribution in [0.3, 0.4) is 0 Å². The van der Waals surface area contributed by atoms with E-state index < -0.39 is 0 Å². The van der Waals surface area contributed by atoms with Gasteiger partial charge in [0.1, 0.15) is 0 Å². The summed E-state index contributed by atoms with van der Waals surface area (Å²) in [5, 5.41) is 9.51. The van der Waals surface area contributed by atoms with Gasteiger partial charge >= 0.3 is 0 Å². The van der Waals surface area contributed by atoms with Crippen molar-refractivity contribution in [1.29, 1.82) is 0 Å². The lowest BCUT2D eigenvalue weighted by Gasteiger charge is -2.17. The number of aliphatic hydroxyl groups is 1. The third-order valence-electron chi connectivity index (χ3n) is 2.30. The zero-order valence-electron chi connectivity index (χ0n) is 7.42. The Kier molecular flexibility index (Phi) is 3.34. The van der Waals surface area contributed by atoms with Crippen molar-refractivity contribution in [2.24, 2.45) is 5.92 Å². The summed E-state index contributed by atoms with van der Waals surface area (Å²) < 4.78 is 5.41. The maximum Gasteiger partial charge on any atom is 0.0600 e. The largest absolute Gasteiger partial charge is 0.393 e. The quantitative estimate of drug-likeness (QED) is 0.675. The summed E-state index contributed by atoms with van der Waals surface area (Å²) >= 11 is 0. The normalized spacial score (nSPS) is 27.8. The molecule has 0 radical (unpaired) electrons. The van der Waals surface area contributed by atoms with Crippen molar-refractivity contribution in [2.75, 3.05) is 6.61 Å². The van der Waals surface area contributed by atoms with Gasteiger partial charge in [0.15, 0.2) is 0 Å². The molecule has 0 amide bonds. The third-order valence-corrected chi connectivity index (χ3v) is 2.30. The summed E-state index contributed by atoms with van der Waals surface area (Å²) in [6.07, 6.45) is 3.25. The fourth-order valence-electron chi connectivity index (χ4n) is 1.37. The summed E-state index contributed by atoms with van der Waals surface area (Å²) in [7, 11) is 0. The lowest BCUT2D eigenvalue weighted by atomic mass is 10.00. The monoisotopic (exact) mass is 158 g/mol. The van der Waals surface area contributed by atoms with Gasteiger partial charge in [-0.2, -0.15) is 0 Å². The van der Waals surface area contributed by atoms with Crippen molar-refractivity contribution in [1.82, 2.24) is 0 Å². The predicted molar refractivity (Wildman–Crippen MR) is 44.4 cm³/mol. The van der Waals surface area contributed by atoms with E-state index in [1.165, 1.54) is 0 Å².